The molecule has 11 heteroatoms. The van der Waals surface area contributed by atoms with Gasteiger partial charge in [0.15, 0.2) is 0 Å². The predicted molar refractivity (Wildman–Crippen MR) is 117 cm³/mol. The number of rotatable bonds is 6. The van der Waals surface area contributed by atoms with Crippen molar-refractivity contribution in [2.24, 2.45) is 0 Å². The molecule has 0 aliphatic carbocycles. The first-order chi connectivity index (χ1) is 15.1. The predicted octanol–water partition coefficient (Wildman–Crippen LogP) is 4.65. The number of carbonyl (C=O) groups is 3. The van der Waals surface area contributed by atoms with E-state index < -0.39 is 35.3 Å². The summed E-state index contributed by atoms with van der Waals surface area (Å²) in [5, 5.41) is 4.68. The van der Waals surface area contributed by atoms with E-state index in [-0.39, 0.29) is 24.6 Å². The molecule has 2 N–H and O–H groups in total. The largest absolute Gasteiger partial charge is 0.418 e. The number of fused-ring (bicyclic) bond motifs is 1. The van der Waals surface area contributed by atoms with Crippen molar-refractivity contribution in [3.63, 3.8) is 0 Å². The molecule has 3 rings (SSSR count). The van der Waals surface area contributed by atoms with Crippen LogP contribution in [0.3, 0.4) is 0 Å². The third-order valence-corrected chi connectivity index (χ3v) is 6.21. The van der Waals surface area contributed by atoms with Gasteiger partial charge in [-0.3, -0.25) is 14.4 Å². The molecule has 0 unspecified atom stereocenters. The summed E-state index contributed by atoms with van der Waals surface area (Å²) in [6.45, 7) is 1.35. The lowest BCUT2D eigenvalue weighted by Gasteiger charge is -2.26. The van der Waals surface area contributed by atoms with Gasteiger partial charge in [0.1, 0.15) is 0 Å². The molecule has 0 saturated heterocycles. The molecule has 32 heavy (non-hydrogen) atoms. The van der Waals surface area contributed by atoms with Crippen LogP contribution in [0.2, 0.25) is 5.02 Å². The summed E-state index contributed by atoms with van der Waals surface area (Å²) in [5.74, 6) is -1.59. The summed E-state index contributed by atoms with van der Waals surface area (Å²) in [5.41, 5.74) is -0.797. The second-order valence-electron chi connectivity index (χ2n) is 6.94. The molecule has 170 valence electrons. The molecule has 0 saturated carbocycles. The maximum absolute atomic E-state index is 13.1. The lowest BCUT2D eigenvalue weighted by Crippen LogP contribution is -2.41. The van der Waals surface area contributed by atoms with E-state index in [1.807, 2.05) is 0 Å². The zero-order valence-corrected chi connectivity index (χ0v) is 18.4. The molecular formula is C21H19ClF3N3O3S. The van der Waals surface area contributed by atoms with Crippen LogP contribution >= 0.6 is 23.4 Å². The number of para-hydroxylation sites is 1. The van der Waals surface area contributed by atoms with Crippen molar-refractivity contribution >= 4 is 52.5 Å². The van der Waals surface area contributed by atoms with Gasteiger partial charge < -0.3 is 15.5 Å². The number of amides is 3. The number of hydrogen-bond acceptors (Lipinski definition) is 4. The molecule has 0 bridgehead atoms. The first kappa shape index (κ1) is 23.9. The monoisotopic (exact) mass is 485 g/mol. The number of hydrogen-bond donors (Lipinski definition) is 2. The molecule has 1 heterocycles. The minimum atomic E-state index is -4.63. The van der Waals surface area contributed by atoms with Crippen molar-refractivity contribution in [1.29, 1.82) is 0 Å². The fraction of sp³-hybridized carbons (Fsp3) is 0.286. The van der Waals surface area contributed by atoms with E-state index >= 15 is 0 Å². The first-order valence-electron chi connectivity index (χ1n) is 9.59. The van der Waals surface area contributed by atoms with Crippen molar-refractivity contribution in [3.8, 4) is 0 Å². The topological polar surface area (TPSA) is 78.5 Å². The Morgan fingerprint density at radius 1 is 1.22 bits per heavy atom. The Morgan fingerprint density at radius 3 is 2.62 bits per heavy atom. The van der Waals surface area contributed by atoms with Crippen molar-refractivity contribution in [2.75, 3.05) is 23.7 Å². The Balaban J connectivity index is 1.64. The van der Waals surface area contributed by atoms with E-state index in [0.29, 0.717) is 10.7 Å². The third kappa shape index (κ3) is 5.74. The Hall–Kier alpha value is -2.72. The molecule has 0 spiro atoms. The molecule has 0 aromatic heterocycles. The Morgan fingerprint density at radius 2 is 1.94 bits per heavy atom. The number of carbonyl (C=O) groups excluding carboxylic acids is 3. The summed E-state index contributed by atoms with van der Waals surface area (Å²) >= 11 is 7.14. The molecule has 1 aliphatic heterocycles. The van der Waals surface area contributed by atoms with Crippen LogP contribution in [-0.4, -0.2) is 41.0 Å². The quantitative estimate of drug-likeness (QED) is 0.624. The van der Waals surface area contributed by atoms with E-state index in [1.165, 1.54) is 28.8 Å². The molecule has 3 amide bonds. The normalized spacial score (nSPS) is 15.5. The number of benzene rings is 2. The van der Waals surface area contributed by atoms with Gasteiger partial charge >= 0.3 is 6.18 Å². The summed E-state index contributed by atoms with van der Waals surface area (Å²) in [7, 11) is 0. The van der Waals surface area contributed by atoms with Crippen molar-refractivity contribution in [3.05, 3.63) is 53.1 Å². The number of thioether (sulfide) groups is 1. The average Bonchev–Trinajstić information content (AvgIpc) is 2.72. The van der Waals surface area contributed by atoms with Crippen molar-refractivity contribution in [1.82, 2.24) is 4.90 Å². The lowest BCUT2D eigenvalue weighted by atomic mass is 10.1. The summed E-state index contributed by atoms with van der Waals surface area (Å²) < 4.78 is 39.4. The minimum absolute atomic E-state index is 0.151. The van der Waals surface area contributed by atoms with Gasteiger partial charge in [-0.2, -0.15) is 13.2 Å². The summed E-state index contributed by atoms with van der Waals surface area (Å²) in [6, 6.07) is 9.62. The third-order valence-electron chi connectivity index (χ3n) is 4.70. The highest BCUT2D eigenvalue weighted by Crippen LogP contribution is 2.38. The fourth-order valence-electron chi connectivity index (χ4n) is 3.12. The highest BCUT2D eigenvalue weighted by Gasteiger charge is 2.34. The molecule has 0 radical (unpaired) electrons. The number of nitrogens with zero attached hydrogens (tertiary/aromatic N) is 1. The maximum Gasteiger partial charge on any atom is 0.418 e. The molecule has 1 aliphatic rings. The number of halogens is 4. The van der Waals surface area contributed by atoms with E-state index in [0.717, 1.165) is 17.0 Å². The van der Waals surface area contributed by atoms with Gasteiger partial charge in [-0.15, -0.1) is 11.8 Å². The van der Waals surface area contributed by atoms with E-state index in [2.05, 4.69) is 10.6 Å². The number of alkyl halides is 3. The highest BCUT2D eigenvalue weighted by atomic mass is 35.5. The van der Waals surface area contributed by atoms with Gasteiger partial charge in [0.25, 0.3) is 0 Å². The Labute approximate surface area is 191 Å². The number of nitrogens with one attached hydrogen (secondary N) is 2. The molecular weight excluding hydrogens is 467 g/mol. The smallest absolute Gasteiger partial charge is 0.334 e. The first-order valence-corrected chi connectivity index (χ1v) is 10.8. The van der Waals surface area contributed by atoms with Gasteiger partial charge in [-0.1, -0.05) is 23.7 Å². The number of anilines is 2. The van der Waals surface area contributed by atoms with E-state index in [9.17, 15) is 27.6 Å². The van der Waals surface area contributed by atoms with Crippen LogP contribution < -0.4 is 10.6 Å². The van der Waals surface area contributed by atoms with Crippen molar-refractivity contribution in [2.45, 2.75) is 29.7 Å². The molecule has 0 fully saturated rings. The van der Waals surface area contributed by atoms with E-state index in [4.69, 9.17) is 11.6 Å². The van der Waals surface area contributed by atoms with Crippen LogP contribution in [-0.2, 0) is 20.6 Å². The molecule has 6 nitrogen and oxygen atoms in total. The van der Waals surface area contributed by atoms with Crippen LogP contribution in [0.4, 0.5) is 24.5 Å². The molecule has 2 aromatic carbocycles. The standard InChI is InChI=1S/C21H19ClF3N3O3S/c1-2-28(11-18(29)26-14-6-4-3-5-13(14)21(23,24)25)19(30)10-17-20(31)27-15-9-12(22)7-8-16(15)32-17/h3-9,17H,2,10-11H2,1H3,(H,26,29)(H,27,31)/t17-/m1/s1. The van der Waals surface area contributed by atoms with Crippen LogP contribution in [0.1, 0.15) is 18.9 Å². The highest BCUT2D eigenvalue weighted by molar-refractivity contribution is 8.01. The minimum Gasteiger partial charge on any atom is -0.334 e. The zero-order chi connectivity index (χ0) is 23.5. The zero-order valence-electron chi connectivity index (χ0n) is 16.8. The molecule has 2 aromatic rings. The number of likely N-dealkylation sites (N-methyl/N-ethyl adjacent to an activating group) is 1. The van der Waals surface area contributed by atoms with Gasteiger partial charge in [-0.25, -0.2) is 0 Å². The molecule has 1 atom stereocenters. The van der Waals surface area contributed by atoms with E-state index in [1.54, 1.807) is 25.1 Å². The second-order valence-corrected chi connectivity index (χ2v) is 8.62. The van der Waals surface area contributed by atoms with Gasteiger partial charge in [0.05, 0.1) is 28.7 Å². The summed E-state index contributed by atoms with van der Waals surface area (Å²) in [6.07, 6.45) is -4.80. The van der Waals surface area contributed by atoms with Crippen molar-refractivity contribution < 1.29 is 27.6 Å². The average molecular weight is 486 g/mol. The van der Waals surface area contributed by atoms with Crippen LogP contribution in [0, 0.1) is 0 Å². The van der Waals surface area contributed by atoms with Crippen LogP contribution in [0.25, 0.3) is 0 Å². The van der Waals surface area contributed by atoms with Gasteiger partial charge in [0, 0.05) is 22.9 Å². The summed E-state index contributed by atoms with van der Waals surface area (Å²) in [4.78, 5) is 39.4. The fourth-order valence-corrected chi connectivity index (χ4v) is 4.38. The maximum atomic E-state index is 13.1. The Kier molecular flexibility index (Phi) is 7.35. The lowest BCUT2D eigenvalue weighted by molar-refractivity contribution is -0.137. The SMILES string of the molecule is CCN(CC(=O)Nc1ccccc1C(F)(F)F)C(=O)C[C@H]1Sc2ccc(Cl)cc2NC1=O. The van der Waals surface area contributed by atoms with Crippen LogP contribution in [0.15, 0.2) is 47.4 Å². The van der Waals surface area contributed by atoms with Gasteiger partial charge in [-0.05, 0) is 37.3 Å². The second kappa shape index (κ2) is 9.83. The van der Waals surface area contributed by atoms with Crippen LogP contribution in [0.5, 0.6) is 0 Å². The Bertz CT molecular complexity index is 1050. The van der Waals surface area contributed by atoms with Gasteiger partial charge in [0.2, 0.25) is 17.7 Å².